The second-order valence-corrected chi connectivity index (χ2v) is 8.47. The molecule has 3 rings (SSSR count). The third kappa shape index (κ3) is 7.98. The first kappa shape index (κ1) is 23.8. The normalized spacial score (nSPS) is 16.3. The van der Waals surface area contributed by atoms with E-state index in [2.05, 4.69) is 16.3 Å². The SMILES string of the molecule is COc1cc(CNCCc2cccc(Cl)c2)ccc1OCC(O)CN1CCC(O)CC1. The van der Waals surface area contributed by atoms with E-state index in [1.165, 1.54) is 5.56 Å². The number of nitrogens with one attached hydrogen (secondary N) is 1. The lowest BCUT2D eigenvalue weighted by Crippen LogP contribution is -2.41. The van der Waals surface area contributed by atoms with Gasteiger partial charge in [-0.3, -0.25) is 0 Å². The molecule has 0 aromatic heterocycles. The molecule has 1 aliphatic rings. The summed E-state index contributed by atoms with van der Waals surface area (Å²) in [6.07, 6.45) is 1.63. The average Bonchev–Trinajstić information content (AvgIpc) is 2.77. The minimum Gasteiger partial charge on any atom is -0.493 e. The number of benzene rings is 2. The first-order valence-electron chi connectivity index (χ1n) is 10.9. The second kappa shape index (κ2) is 12.3. The van der Waals surface area contributed by atoms with Gasteiger partial charge in [-0.25, -0.2) is 0 Å². The van der Waals surface area contributed by atoms with Crippen molar-refractivity contribution in [3.8, 4) is 11.5 Å². The van der Waals surface area contributed by atoms with E-state index in [0.717, 1.165) is 56.0 Å². The lowest BCUT2D eigenvalue weighted by atomic mass is 10.1. The van der Waals surface area contributed by atoms with Gasteiger partial charge in [0.15, 0.2) is 11.5 Å². The summed E-state index contributed by atoms with van der Waals surface area (Å²) in [7, 11) is 1.62. The summed E-state index contributed by atoms with van der Waals surface area (Å²) in [5, 5.41) is 24.1. The molecule has 1 aliphatic heterocycles. The minimum atomic E-state index is -0.590. The number of ether oxygens (including phenoxy) is 2. The van der Waals surface area contributed by atoms with E-state index in [1.807, 2.05) is 36.4 Å². The molecule has 2 aromatic carbocycles. The Bertz CT molecular complexity index is 812. The molecule has 1 heterocycles. The number of likely N-dealkylation sites (tertiary alicyclic amines) is 1. The van der Waals surface area contributed by atoms with Crippen LogP contribution in [0.1, 0.15) is 24.0 Å². The number of aliphatic hydroxyl groups is 2. The number of β-amino-alcohol motifs (C(OH)–C–C–N with tert-alkyl or cyclic N) is 1. The zero-order valence-electron chi connectivity index (χ0n) is 18.1. The lowest BCUT2D eigenvalue weighted by molar-refractivity contribution is 0.0333. The van der Waals surface area contributed by atoms with E-state index >= 15 is 0 Å². The van der Waals surface area contributed by atoms with Gasteiger partial charge in [-0.2, -0.15) is 0 Å². The highest BCUT2D eigenvalue weighted by atomic mass is 35.5. The molecule has 6 nitrogen and oxygen atoms in total. The molecule has 0 bridgehead atoms. The highest BCUT2D eigenvalue weighted by molar-refractivity contribution is 6.30. The quantitative estimate of drug-likeness (QED) is 0.459. The molecule has 1 atom stereocenters. The molecule has 2 aromatic rings. The zero-order valence-corrected chi connectivity index (χ0v) is 18.9. The fourth-order valence-corrected chi connectivity index (χ4v) is 3.95. The fourth-order valence-electron chi connectivity index (χ4n) is 3.74. The molecule has 1 saturated heterocycles. The van der Waals surface area contributed by atoms with Crippen LogP contribution in [0.15, 0.2) is 42.5 Å². The van der Waals surface area contributed by atoms with Crippen LogP contribution in [0.3, 0.4) is 0 Å². The van der Waals surface area contributed by atoms with Crippen LogP contribution in [-0.4, -0.2) is 67.2 Å². The molecule has 0 radical (unpaired) electrons. The topological polar surface area (TPSA) is 74.2 Å². The summed E-state index contributed by atoms with van der Waals surface area (Å²) in [5.74, 6) is 1.28. The summed E-state index contributed by atoms with van der Waals surface area (Å²) in [4.78, 5) is 2.16. The molecule has 1 fully saturated rings. The smallest absolute Gasteiger partial charge is 0.161 e. The largest absolute Gasteiger partial charge is 0.493 e. The number of hydrogen-bond donors (Lipinski definition) is 3. The first-order chi connectivity index (χ1) is 15.0. The molecule has 0 saturated carbocycles. The first-order valence-corrected chi connectivity index (χ1v) is 11.2. The Kier molecular flexibility index (Phi) is 9.43. The number of rotatable bonds is 11. The Labute approximate surface area is 189 Å². The van der Waals surface area contributed by atoms with Crippen molar-refractivity contribution >= 4 is 11.6 Å². The van der Waals surface area contributed by atoms with Crippen molar-refractivity contribution in [3.63, 3.8) is 0 Å². The number of piperidine rings is 1. The molecule has 1 unspecified atom stereocenters. The van der Waals surface area contributed by atoms with Gasteiger partial charge in [0, 0.05) is 31.2 Å². The van der Waals surface area contributed by atoms with Gasteiger partial charge >= 0.3 is 0 Å². The standard InChI is InChI=1S/C24H33ClN2O4/c1-30-24-14-19(15-26-10-7-18-3-2-4-20(25)13-18)5-6-23(24)31-17-22(29)16-27-11-8-21(28)9-12-27/h2-6,13-14,21-22,26,28-29H,7-12,15-17H2,1H3. The number of nitrogens with zero attached hydrogens (tertiary/aromatic N) is 1. The number of methoxy groups -OCH3 is 1. The van der Waals surface area contributed by atoms with Crippen LogP contribution < -0.4 is 14.8 Å². The van der Waals surface area contributed by atoms with Crippen molar-refractivity contribution in [1.82, 2.24) is 10.2 Å². The Morgan fingerprint density at radius 3 is 2.68 bits per heavy atom. The maximum absolute atomic E-state index is 10.3. The van der Waals surface area contributed by atoms with Crippen LogP contribution in [-0.2, 0) is 13.0 Å². The Hall–Kier alpha value is -1.83. The van der Waals surface area contributed by atoms with Crippen molar-refractivity contribution in [2.24, 2.45) is 0 Å². The van der Waals surface area contributed by atoms with Gasteiger partial charge in [-0.05, 0) is 61.2 Å². The van der Waals surface area contributed by atoms with E-state index in [-0.39, 0.29) is 12.7 Å². The highest BCUT2D eigenvalue weighted by Gasteiger charge is 2.20. The maximum Gasteiger partial charge on any atom is 0.161 e. The van der Waals surface area contributed by atoms with Gasteiger partial charge < -0.3 is 29.9 Å². The molecule has 7 heteroatoms. The van der Waals surface area contributed by atoms with Gasteiger partial charge in [-0.15, -0.1) is 0 Å². The van der Waals surface area contributed by atoms with Crippen molar-refractivity contribution in [3.05, 3.63) is 58.6 Å². The van der Waals surface area contributed by atoms with Crippen molar-refractivity contribution in [1.29, 1.82) is 0 Å². The zero-order chi connectivity index (χ0) is 22.1. The van der Waals surface area contributed by atoms with Crippen molar-refractivity contribution in [2.75, 3.05) is 39.9 Å². The molecular formula is C24H33ClN2O4. The Morgan fingerprint density at radius 1 is 1.13 bits per heavy atom. The van der Waals surface area contributed by atoms with Crippen LogP contribution in [0, 0.1) is 0 Å². The van der Waals surface area contributed by atoms with Gasteiger partial charge in [-0.1, -0.05) is 29.8 Å². The summed E-state index contributed by atoms with van der Waals surface area (Å²) in [5.41, 5.74) is 2.31. The van der Waals surface area contributed by atoms with Crippen LogP contribution in [0.5, 0.6) is 11.5 Å². The number of hydrogen-bond acceptors (Lipinski definition) is 6. The van der Waals surface area contributed by atoms with Crippen LogP contribution in [0.25, 0.3) is 0 Å². The van der Waals surface area contributed by atoms with Crippen LogP contribution in [0.4, 0.5) is 0 Å². The van der Waals surface area contributed by atoms with Gasteiger partial charge in [0.1, 0.15) is 12.7 Å². The second-order valence-electron chi connectivity index (χ2n) is 8.04. The predicted octanol–water partition coefficient (Wildman–Crippen LogP) is 2.88. The van der Waals surface area contributed by atoms with Gasteiger partial charge in [0.05, 0.1) is 13.2 Å². The predicted molar refractivity (Wildman–Crippen MR) is 123 cm³/mol. The maximum atomic E-state index is 10.3. The van der Waals surface area contributed by atoms with Crippen LogP contribution >= 0.6 is 11.6 Å². The van der Waals surface area contributed by atoms with E-state index in [0.29, 0.717) is 18.0 Å². The van der Waals surface area contributed by atoms with Crippen molar-refractivity contribution < 1.29 is 19.7 Å². The molecule has 0 aliphatic carbocycles. The summed E-state index contributed by atoms with van der Waals surface area (Å²) in [6, 6.07) is 13.8. The van der Waals surface area contributed by atoms with E-state index < -0.39 is 6.10 Å². The lowest BCUT2D eigenvalue weighted by Gasteiger charge is -2.30. The molecule has 170 valence electrons. The van der Waals surface area contributed by atoms with Crippen LogP contribution in [0.2, 0.25) is 5.02 Å². The molecule has 0 spiro atoms. The van der Waals surface area contributed by atoms with Gasteiger partial charge in [0.2, 0.25) is 0 Å². The molecule has 31 heavy (non-hydrogen) atoms. The fraction of sp³-hybridized carbons (Fsp3) is 0.500. The van der Waals surface area contributed by atoms with E-state index in [4.69, 9.17) is 21.1 Å². The monoisotopic (exact) mass is 448 g/mol. The van der Waals surface area contributed by atoms with E-state index in [1.54, 1.807) is 7.11 Å². The summed E-state index contributed by atoms with van der Waals surface area (Å²) in [6.45, 7) is 3.93. The summed E-state index contributed by atoms with van der Waals surface area (Å²) < 4.78 is 11.3. The third-order valence-corrected chi connectivity index (χ3v) is 5.73. The Balaban J connectivity index is 1.42. The summed E-state index contributed by atoms with van der Waals surface area (Å²) >= 11 is 6.03. The Morgan fingerprint density at radius 2 is 1.94 bits per heavy atom. The number of halogens is 1. The number of aliphatic hydroxyl groups excluding tert-OH is 2. The highest BCUT2D eigenvalue weighted by Crippen LogP contribution is 2.28. The molecule has 3 N–H and O–H groups in total. The third-order valence-electron chi connectivity index (χ3n) is 5.49. The molecule has 0 amide bonds. The molecular weight excluding hydrogens is 416 g/mol. The van der Waals surface area contributed by atoms with E-state index in [9.17, 15) is 10.2 Å². The van der Waals surface area contributed by atoms with Gasteiger partial charge in [0.25, 0.3) is 0 Å². The minimum absolute atomic E-state index is 0.201. The van der Waals surface area contributed by atoms with Crippen molar-refractivity contribution in [2.45, 2.75) is 38.0 Å². The average molecular weight is 449 g/mol.